The fraction of sp³-hybridized carbons (Fsp3) is 0.294. The molecule has 0 unspecified atom stereocenters. The second-order valence-electron chi connectivity index (χ2n) is 5.67. The molecule has 1 aromatic heterocycles. The molecule has 2 heterocycles. The summed E-state index contributed by atoms with van der Waals surface area (Å²) < 4.78 is 5.62. The second kappa shape index (κ2) is 7.38. The van der Waals surface area contributed by atoms with E-state index in [0.29, 0.717) is 40.3 Å². The van der Waals surface area contributed by atoms with Gasteiger partial charge in [0.15, 0.2) is 0 Å². The molecule has 1 aliphatic rings. The van der Waals surface area contributed by atoms with E-state index in [2.05, 4.69) is 4.98 Å². The smallest absolute Gasteiger partial charge is 0.255 e. The van der Waals surface area contributed by atoms with Crippen LogP contribution in [0.3, 0.4) is 0 Å². The summed E-state index contributed by atoms with van der Waals surface area (Å²) in [6.45, 7) is 1.35. The zero-order chi connectivity index (χ0) is 17.1. The number of aromatic nitrogens is 1. The minimum absolute atomic E-state index is 0.0401. The lowest BCUT2D eigenvalue weighted by molar-refractivity contribution is 0.0714. The molecule has 2 N–H and O–H groups in total. The maximum absolute atomic E-state index is 12.4. The van der Waals surface area contributed by atoms with Crippen LogP contribution in [0, 0.1) is 0 Å². The van der Waals surface area contributed by atoms with Crippen molar-refractivity contribution in [2.24, 2.45) is 5.73 Å². The third-order valence-electron chi connectivity index (χ3n) is 3.94. The van der Waals surface area contributed by atoms with Crippen LogP contribution in [0.15, 0.2) is 36.5 Å². The maximum atomic E-state index is 12.4. The molecule has 0 aliphatic carbocycles. The highest BCUT2D eigenvalue weighted by atomic mass is 35.5. The van der Waals surface area contributed by atoms with Crippen molar-refractivity contribution >= 4 is 29.1 Å². The van der Waals surface area contributed by atoms with E-state index in [-0.39, 0.29) is 11.9 Å². The molecule has 1 amide bonds. The molecule has 1 aliphatic heterocycles. The van der Waals surface area contributed by atoms with Crippen LogP contribution in [-0.4, -0.2) is 34.9 Å². The second-order valence-corrected chi connectivity index (χ2v) is 6.45. The fourth-order valence-corrected chi connectivity index (χ4v) is 2.86. The van der Waals surface area contributed by atoms with Gasteiger partial charge in [0.1, 0.15) is 10.8 Å². The van der Waals surface area contributed by atoms with E-state index in [1.165, 1.54) is 6.20 Å². The summed E-state index contributed by atoms with van der Waals surface area (Å²) in [4.78, 5) is 18.4. The summed E-state index contributed by atoms with van der Waals surface area (Å²) in [5, 5.41) is 0.732. The van der Waals surface area contributed by atoms with Crippen molar-refractivity contribution < 1.29 is 9.53 Å². The van der Waals surface area contributed by atoms with Gasteiger partial charge >= 0.3 is 0 Å². The van der Waals surface area contributed by atoms with Crippen molar-refractivity contribution in [2.45, 2.75) is 18.9 Å². The van der Waals surface area contributed by atoms with Gasteiger partial charge in [0.05, 0.1) is 10.6 Å². The van der Waals surface area contributed by atoms with E-state index in [0.717, 1.165) is 12.8 Å². The third kappa shape index (κ3) is 3.80. The average Bonchev–Trinajstić information content (AvgIpc) is 2.60. The minimum Gasteiger partial charge on any atom is -0.437 e. The predicted molar refractivity (Wildman–Crippen MR) is 93.9 cm³/mol. The van der Waals surface area contributed by atoms with Gasteiger partial charge in [-0.2, -0.15) is 0 Å². The number of halogens is 2. The largest absolute Gasteiger partial charge is 0.437 e. The van der Waals surface area contributed by atoms with E-state index in [1.807, 2.05) is 0 Å². The monoisotopic (exact) mass is 365 g/mol. The van der Waals surface area contributed by atoms with Crippen LogP contribution in [-0.2, 0) is 0 Å². The molecule has 1 saturated heterocycles. The molecule has 0 atom stereocenters. The van der Waals surface area contributed by atoms with E-state index < -0.39 is 0 Å². The van der Waals surface area contributed by atoms with Crippen molar-refractivity contribution in [3.63, 3.8) is 0 Å². The number of likely N-dealkylation sites (tertiary alicyclic amines) is 1. The third-order valence-corrected chi connectivity index (χ3v) is 4.74. The normalized spacial score (nSPS) is 15.4. The molecule has 1 fully saturated rings. The Morgan fingerprint density at radius 2 is 1.96 bits per heavy atom. The number of hydrogen-bond acceptors (Lipinski definition) is 4. The highest BCUT2D eigenvalue weighted by molar-refractivity contribution is 6.42. The summed E-state index contributed by atoms with van der Waals surface area (Å²) in [5.74, 6) is 0.721. The molecule has 0 spiro atoms. The Hall–Kier alpha value is -1.82. The van der Waals surface area contributed by atoms with Gasteiger partial charge in [0.25, 0.3) is 5.91 Å². The molecule has 7 heteroatoms. The van der Waals surface area contributed by atoms with Crippen molar-refractivity contribution in [3.05, 3.63) is 52.1 Å². The average molecular weight is 366 g/mol. The van der Waals surface area contributed by atoms with Crippen LogP contribution < -0.4 is 10.5 Å². The van der Waals surface area contributed by atoms with Crippen LogP contribution in [0.1, 0.15) is 23.2 Å². The summed E-state index contributed by atoms with van der Waals surface area (Å²) in [7, 11) is 0. The first kappa shape index (κ1) is 17.0. The van der Waals surface area contributed by atoms with Crippen molar-refractivity contribution in [3.8, 4) is 11.6 Å². The summed E-state index contributed by atoms with van der Waals surface area (Å²) in [5.41, 5.74) is 6.39. The molecule has 24 heavy (non-hydrogen) atoms. The number of rotatable bonds is 3. The molecule has 0 saturated carbocycles. The van der Waals surface area contributed by atoms with E-state index in [4.69, 9.17) is 33.7 Å². The number of amides is 1. The fourth-order valence-electron chi connectivity index (χ4n) is 2.53. The molecule has 2 aromatic rings. The molecular formula is C17H17Cl2N3O2. The van der Waals surface area contributed by atoms with Gasteiger partial charge in [-0.05, 0) is 31.0 Å². The molecule has 1 aromatic carbocycles. The summed E-state index contributed by atoms with van der Waals surface area (Å²) in [6.07, 6.45) is 3.16. The van der Waals surface area contributed by atoms with Crippen molar-refractivity contribution in [1.82, 2.24) is 9.88 Å². The molecule has 0 radical (unpaired) electrons. The quantitative estimate of drug-likeness (QED) is 0.899. The molecule has 126 valence electrons. The number of carbonyl (C=O) groups is 1. The van der Waals surface area contributed by atoms with Gasteiger partial charge in [-0.1, -0.05) is 29.3 Å². The zero-order valence-corrected chi connectivity index (χ0v) is 14.4. The first-order valence-electron chi connectivity index (χ1n) is 7.67. The van der Waals surface area contributed by atoms with E-state index >= 15 is 0 Å². The van der Waals surface area contributed by atoms with Gasteiger partial charge in [0, 0.05) is 31.4 Å². The van der Waals surface area contributed by atoms with Crippen molar-refractivity contribution in [2.75, 3.05) is 13.1 Å². The number of nitrogens with zero attached hydrogens (tertiary/aromatic N) is 2. The molecular weight excluding hydrogens is 349 g/mol. The number of nitrogens with two attached hydrogens (primary N) is 1. The minimum atomic E-state index is -0.0401. The summed E-state index contributed by atoms with van der Waals surface area (Å²) >= 11 is 12.0. The number of hydrogen-bond donors (Lipinski definition) is 1. The Bertz CT molecular complexity index is 729. The molecule has 3 rings (SSSR count). The zero-order valence-electron chi connectivity index (χ0n) is 12.9. The van der Waals surface area contributed by atoms with Gasteiger partial charge < -0.3 is 15.4 Å². The maximum Gasteiger partial charge on any atom is 0.255 e. The van der Waals surface area contributed by atoms with Gasteiger partial charge in [0.2, 0.25) is 5.88 Å². The Balaban J connectivity index is 1.69. The Kier molecular flexibility index (Phi) is 5.23. The summed E-state index contributed by atoms with van der Waals surface area (Å²) in [6, 6.07) is 8.63. The van der Waals surface area contributed by atoms with Gasteiger partial charge in [-0.3, -0.25) is 4.79 Å². The number of ether oxygens (including phenoxy) is 1. The predicted octanol–water partition coefficient (Wildman–Crippen LogP) is 3.74. The SMILES string of the molecule is NC1CCN(C(=O)c2ccc(Oc3cccc(Cl)c3Cl)nc2)CC1. The molecule has 0 bridgehead atoms. The van der Waals surface area contributed by atoms with Crippen LogP contribution >= 0.6 is 23.2 Å². The highest BCUT2D eigenvalue weighted by Gasteiger charge is 2.22. The number of carbonyl (C=O) groups excluding carboxylic acids is 1. The van der Waals surface area contributed by atoms with Gasteiger partial charge in [-0.25, -0.2) is 4.98 Å². The lowest BCUT2D eigenvalue weighted by Crippen LogP contribution is -2.42. The lowest BCUT2D eigenvalue weighted by Gasteiger charge is -2.30. The van der Waals surface area contributed by atoms with Crippen LogP contribution in [0.25, 0.3) is 0 Å². The van der Waals surface area contributed by atoms with E-state index in [1.54, 1.807) is 35.2 Å². The van der Waals surface area contributed by atoms with Crippen LogP contribution in [0.4, 0.5) is 0 Å². The number of benzene rings is 1. The standard InChI is InChI=1S/C17H17Cl2N3O2/c18-13-2-1-3-14(16(13)19)24-15-5-4-11(10-21-15)17(23)22-8-6-12(20)7-9-22/h1-5,10,12H,6-9,20H2. The Morgan fingerprint density at radius 1 is 1.21 bits per heavy atom. The Morgan fingerprint density at radius 3 is 2.62 bits per heavy atom. The first-order valence-corrected chi connectivity index (χ1v) is 8.43. The topological polar surface area (TPSA) is 68.5 Å². The number of pyridine rings is 1. The lowest BCUT2D eigenvalue weighted by atomic mass is 10.1. The number of piperidine rings is 1. The molecule has 5 nitrogen and oxygen atoms in total. The van der Waals surface area contributed by atoms with Crippen LogP contribution in [0.5, 0.6) is 11.6 Å². The van der Waals surface area contributed by atoms with Gasteiger partial charge in [-0.15, -0.1) is 0 Å². The first-order chi connectivity index (χ1) is 11.5. The highest BCUT2D eigenvalue weighted by Crippen LogP contribution is 2.34. The van der Waals surface area contributed by atoms with Crippen LogP contribution in [0.2, 0.25) is 10.0 Å². The Labute approximate surface area is 150 Å². The van der Waals surface area contributed by atoms with Crippen molar-refractivity contribution in [1.29, 1.82) is 0 Å². The van der Waals surface area contributed by atoms with E-state index in [9.17, 15) is 4.79 Å².